The average molecular weight is 258 g/mol. The van der Waals surface area contributed by atoms with Crippen molar-refractivity contribution in [2.45, 2.75) is 6.92 Å². The largest absolute Gasteiger partial charge is 0.327 e. The summed E-state index contributed by atoms with van der Waals surface area (Å²) in [5.41, 5.74) is 3.51. The molecule has 0 fully saturated rings. The zero-order chi connectivity index (χ0) is 13.6. The average Bonchev–Trinajstić information content (AvgIpc) is 2.70. The maximum atomic E-state index is 13.3. The van der Waals surface area contributed by atoms with Crippen LogP contribution in [0.15, 0.2) is 36.4 Å². The summed E-state index contributed by atoms with van der Waals surface area (Å²) >= 11 is 0. The Hall–Kier alpha value is -2.23. The first-order valence-corrected chi connectivity index (χ1v) is 5.95. The number of imidazole rings is 1. The van der Waals surface area contributed by atoms with Crippen LogP contribution in [0.25, 0.3) is 22.4 Å². The molecule has 0 aliphatic rings. The topological polar surface area (TPSA) is 17.8 Å². The van der Waals surface area contributed by atoms with Gasteiger partial charge in [-0.1, -0.05) is 6.07 Å². The molecule has 1 aromatic heterocycles. The normalized spacial score (nSPS) is 11.2. The number of benzene rings is 2. The molecule has 2 aromatic carbocycles. The summed E-state index contributed by atoms with van der Waals surface area (Å²) in [4.78, 5) is 4.47. The third-order valence-corrected chi connectivity index (χ3v) is 3.21. The molecule has 1 heterocycles. The van der Waals surface area contributed by atoms with Gasteiger partial charge in [0, 0.05) is 12.6 Å². The van der Waals surface area contributed by atoms with Gasteiger partial charge in [0.25, 0.3) is 0 Å². The van der Waals surface area contributed by atoms with Crippen molar-refractivity contribution in [1.29, 1.82) is 0 Å². The van der Waals surface area contributed by atoms with Crippen molar-refractivity contribution in [2.75, 3.05) is 0 Å². The van der Waals surface area contributed by atoms with E-state index >= 15 is 0 Å². The molecule has 0 atom stereocenters. The van der Waals surface area contributed by atoms with Crippen LogP contribution in [0.5, 0.6) is 0 Å². The Labute approximate surface area is 109 Å². The third-order valence-electron chi connectivity index (χ3n) is 3.21. The second-order valence-corrected chi connectivity index (χ2v) is 4.62. The quantitative estimate of drug-likeness (QED) is 0.648. The summed E-state index contributed by atoms with van der Waals surface area (Å²) in [6.07, 6.45) is 0. The molecule has 96 valence electrons. The molecule has 0 unspecified atom stereocenters. The molecule has 4 heteroatoms. The minimum atomic E-state index is -0.860. The lowest BCUT2D eigenvalue weighted by Crippen LogP contribution is -1.94. The van der Waals surface area contributed by atoms with E-state index in [4.69, 9.17) is 0 Å². The van der Waals surface area contributed by atoms with E-state index in [1.54, 1.807) is 0 Å². The molecule has 3 aromatic rings. The van der Waals surface area contributed by atoms with E-state index < -0.39 is 11.6 Å². The van der Waals surface area contributed by atoms with E-state index in [0.717, 1.165) is 22.7 Å². The van der Waals surface area contributed by atoms with Crippen LogP contribution in [0, 0.1) is 18.6 Å². The number of aromatic nitrogens is 2. The lowest BCUT2D eigenvalue weighted by atomic mass is 10.2. The van der Waals surface area contributed by atoms with Gasteiger partial charge in [-0.2, -0.15) is 0 Å². The number of aryl methyl sites for hydroxylation is 2. The van der Waals surface area contributed by atoms with Crippen LogP contribution in [0.3, 0.4) is 0 Å². The molecule has 0 amide bonds. The fraction of sp³-hybridized carbons (Fsp3) is 0.133. The van der Waals surface area contributed by atoms with Crippen LogP contribution in [-0.4, -0.2) is 9.55 Å². The van der Waals surface area contributed by atoms with Gasteiger partial charge in [-0.15, -0.1) is 0 Å². The molecule has 0 saturated heterocycles. The van der Waals surface area contributed by atoms with Gasteiger partial charge in [-0.05, 0) is 42.8 Å². The fourth-order valence-electron chi connectivity index (χ4n) is 2.19. The van der Waals surface area contributed by atoms with E-state index in [1.165, 1.54) is 12.1 Å². The van der Waals surface area contributed by atoms with Crippen LogP contribution < -0.4 is 0 Å². The molecule has 0 radical (unpaired) electrons. The first kappa shape index (κ1) is 11.8. The summed E-state index contributed by atoms with van der Waals surface area (Å²) in [7, 11) is 1.87. The number of rotatable bonds is 1. The van der Waals surface area contributed by atoms with Crippen molar-refractivity contribution in [2.24, 2.45) is 7.05 Å². The Morgan fingerprint density at radius 2 is 1.79 bits per heavy atom. The molecule has 19 heavy (non-hydrogen) atoms. The predicted molar refractivity (Wildman–Crippen MR) is 70.8 cm³/mol. The van der Waals surface area contributed by atoms with E-state index in [0.29, 0.717) is 11.4 Å². The number of fused-ring (bicyclic) bond motifs is 1. The monoisotopic (exact) mass is 258 g/mol. The van der Waals surface area contributed by atoms with Crippen molar-refractivity contribution in [3.63, 3.8) is 0 Å². The van der Waals surface area contributed by atoms with Crippen molar-refractivity contribution in [3.05, 3.63) is 53.6 Å². The second-order valence-electron chi connectivity index (χ2n) is 4.62. The van der Waals surface area contributed by atoms with Crippen molar-refractivity contribution < 1.29 is 8.78 Å². The van der Waals surface area contributed by atoms with Gasteiger partial charge < -0.3 is 4.57 Å². The van der Waals surface area contributed by atoms with Gasteiger partial charge in [0.05, 0.1) is 11.0 Å². The SMILES string of the molecule is Cc1ccc2nc(-c3ccc(F)c(F)c3)n(C)c2c1. The Bertz CT molecular complexity index is 775. The Kier molecular flexibility index (Phi) is 2.59. The van der Waals surface area contributed by atoms with E-state index in [-0.39, 0.29) is 0 Å². The lowest BCUT2D eigenvalue weighted by Gasteiger charge is -2.03. The molecule has 2 nitrogen and oxygen atoms in total. The fourth-order valence-corrected chi connectivity index (χ4v) is 2.19. The van der Waals surface area contributed by atoms with Crippen molar-refractivity contribution in [1.82, 2.24) is 9.55 Å². The zero-order valence-electron chi connectivity index (χ0n) is 10.6. The number of hydrogen-bond donors (Lipinski definition) is 0. The molecular formula is C15H12F2N2. The summed E-state index contributed by atoms with van der Waals surface area (Å²) in [6, 6.07) is 9.75. The third kappa shape index (κ3) is 1.89. The van der Waals surface area contributed by atoms with Gasteiger partial charge in [0.2, 0.25) is 0 Å². The van der Waals surface area contributed by atoms with Gasteiger partial charge in [0.15, 0.2) is 11.6 Å². The van der Waals surface area contributed by atoms with Crippen molar-refractivity contribution in [3.8, 4) is 11.4 Å². The Morgan fingerprint density at radius 3 is 2.53 bits per heavy atom. The van der Waals surface area contributed by atoms with Gasteiger partial charge in [0.1, 0.15) is 5.82 Å². The number of halogens is 2. The van der Waals surface area contributed by atoms with Crippen LogP contribution in [-0.2, 0) is 7.05 Å². The molecule has 0 N–H and O–H groups in total. The number of nitrogens with zero attached hydrogens (tertiary/aromatic N) is 2. The lowest BCUT2D eigenvalue weighted by molar-refractivity contribution is 0.509. The smallest absolute Gasteiger partial charge is 0.159 e. The Balaban J connectivity index is 2.24. The first-order valence-electron chi connectivity index (χ1n) is 5.95. The van der Waals surface area contributed by atoms with E-state index in [2.05, 4.69) is 4.98 Å². The molecular weight excluding hydrogens is 246 g/mol. The van der Waals surface area contributed by atoms with E-state index in [1.807, 2.05) is 36.7 Å². The summed E-state index contributed by atoms with van der Waals surface area (Å²) in [6.45, 7) is 2.00. The first-order chi connectivity index (χ1) is 9.06. The highest BCUT2D eigenvalue weighted by Crippen LogP contribution is 2.25. The van der Waals surface area contributed by atoms with Gasteiger partial charge >= 0.3 is 0 Å². The minimum absolute atomic E-state index is 0.565. The molecule has 0 saturated carbocycles. The van der Waals surface area contributed by atoms with Gasteiger partial charge in [-0.3, -0.25) is 0 Å². The maximum Gasteiger partial charge on any atom is 0.159 e. The van der Waals surface area contributed by atoms with Crippen molar-refractivity contribution >= 4 is 11.0 Å². The highest BCUT2D eigenvalue weighted by atomic mass is 19.2. The predicted octanol–water partition coefficient (Wildman–Crippen LogP) is 3.83. The number of hydrogen-bond acceptors (Lipinski definition) is 1. The van der Waals surface area contributed by atoms with Crippen LogP contribution in [0.4, 0.5) is 8.78 Å². The maximum absolute atomic E-state index is 13.3. The van der Waals surface area contributed by atoms with Crippen LogP contribution >= 0.6 is 0 Å². The summed E-state index contributed by atoms with van der Waals surface area (Å²) < 4.78 is 28.2. The summed E-state index contributed by atoms with van der Waals surface area (Å²) in [5.74, 6) is -1.08. The van der Waals surface area contributed by atoms with E-state index in [9.17, 15) is 8.78 Å². The van der Waals surface area contributed by atoms with Crippen LogP contribution in [0.1, 0.15) is 5.56 Å². The molecule has 0 aliphatic carbocycles. The zero-order valence-corrected chi connectivity index (χ0v) is 10.6. The Morgan fingerprint density at radius 1 is 1.00 bits per heavy atom. The molecule has 3 rings (SSSR count). The minimum Gasteiger partial charge on any atom is -0.327 e. The highest BCUT2D eigenvalue weighted by Gasteiger charge is 2.12. The molecule has 0 bridgehead atoms. The standard InChI is InChI=1S/C15H12F2N2/c1-9-3-6-13-14(7-9)19(2)15(18-13)10-4-5-11(16)12(17)8-10/h3-8H,1-2H3. The molecule has 0 spiro atoms. The molecule has 0 aliphatic heterocycles. The summed E-state index contributed by atoms with van der Waals surface area (Å²) in [5, 5.41) is 0. The van der Waals surface area contributed by atoms with Gasteiger partial charge in [-0.25, -0.2) is 13.8 Å². The highest BCUT2D eigenvalue weighted by molar-refractivity contribution is 5.81. The van der Waals surface area contributed by atoms with Crippen LogP contribution in [0.2, 0.25) is 0 Å². The second kappa shape index (κ2) is 4.16.